The first-order chi connectivity index (χ1) is 18.0. The van der Waals surface area contributed by atoms with Crippen LogP contribution in [0.15, 0.2) is 73.1 Å². The molecular formula is C28H28F2N4O4. The van der Waals surface area contributed by atoms with E-state index in [1.54, 1.807) is 42.5 Å². The van der Waals surface area contributed by atoms with Crippen LogP contribution in [-0.4, -0.2) is 31.9 Å². The van der Waals surface area contributed by atoms with Gasteiger partial charge in [0.2, 0.25) is 0 Å². The molecule has 1 amide bonds. The topological polar surface area (TPSA) is 106 Å². The van der Waals surface area contributed by atoms with Crippen molar-refractivity contribution in [3.05, 3.63) is 84.2 Å². The maximum absolute atomic E-state index is 12.9. The zero-order valence-corrected chi connectivity index (χ0v) is 21.2. The molecule has 0 aliphatic rings. The minimum Gasteiger partial charge on any atom is -0.479 e. The van der Waals surface area contributed by atoms with Crippen LogP contribution >= 0.6 is 0 Å². The molecule has 0 spiro atoms. The smallest absolute Gasteiger partial charge is 0.408 e. The molecule has 2 aromatic carbocycles. The number of aliphatic carboxylic acids is 1. The second-order valence-electron chi connectivity index (χ2n) is 10.2. The van der Waals surface area contributed by atoms with Gasteiger partial charge < -0.3 is 15.2 Å². The number of rotatable bonds is 8. The van der Waals surface area contributed by atoms with E-state index in [2.05, 4.69) is 15.4 Å². The Balaban J connectivity index is 1.67. The van der Waals surface area contributed by atoms with Crippen LogP contribution in [0, 0.1) is 5.41 Å². The molecule has 0 aliphatic carbocycles. The number of benzene rings is 2. The van der Waals surface area contributed by atoms with Crippen LogP contribution in [0.25, 0.3) is 22.2 Å². The van der Waals surface area contributed by atoms with E-state index in [4.69, 9.17) is 4.74 Å². The number of halogens is 2. The first-order valence-electron chi connectivity index (χ1n) is 11.9. The normalized spacial score (nSPS) is 13.3. The Hall–Kier alpha value is -4.34. The zero-order valence-electron chi connectivity index (χ0n) is 21.2. The Bertz CT molecular complexity index is 1450. The summed E-state index contributed by atoms with van der Waals surface area (Å²) in [6, 6.07) is 17.3. The van der Waals surface area contributed by atoms with Crippen molar-refractivity contribution in [2.75, 3.05) is 0 Å². The number of fused-ring (bicyclic) bond motifs is 1. The summed E-state index contributed by atoms with van der Waals surface area (Å²) in [4.78, 5) is 30.2. The van der Waals surface area contributed by atoms with Crippen molar-refractivity contribution in [2.24, 2.45) is 5.41 Å². The zero-order chi connectivity index (χ0) is 27.5. The molecule has 0 unspecified atom stereocenters. The molecule has 2 N–H and O–H groups in total. The van der Waals surface area contributed by atoms with E-state index in [1.807, 2.05) is 39.0 Å². The first-order valence-corrected chi connectivity index (χ1v) is 11.9. The largest absolute Gasteiger partial charge is 0.479 e. The van der Waals surface area contributed by atoms with Crippen LogP contribution in [-0.2, 0) is 21.7 Å². The van der Waals surface area contributed by atoms with Gasteiger partial charge in [-0.05, 0) is 41.2 Å². The van der Waals surface area contributed by atoms with Gasteiger partial charge in [0, 0.05) is 17.1 Å². The number of nitrogens with zero attached hydrogens (tertiary/aromatic N) is 3. The maximum atomic E-state index is 12.9. The number of alkyl halides is 2. The molecule has 2 heterocycles. The maximum Gasteiger partial charge on any atom is 0.408 e. The van der Waals surface area contributed by atoms with Crippen LogP contribution < -0.4 is 5.32 Å². The van der Waals surface area contributed by atoms with Crippen molar-refractivity contribution in [2.45, 2.75) is 45.9 Å². The molecule has 8 nitrogen and oxygen atoms in total. The molecule has 0 aliphatic heterocycles. The van der Waals surface area contributed by atoms with E-state index in [0.29, 0.717) is 32.4 Å². The molecule has 10 heteroatoms. The second-order valence-corrected chi connectivity index (χ2v) is 10.2. The molecule has 1 atom stereocenters. The molecule has 198 valence electrons. The summed E-state index contributed by atoms with van der Waals surface area (Å²) >= 11 is 0. The number of nitrogens with one attached hydrogen (secondary N) is 1. The highest BCUT2D eigenvalue weighted by molar-refractivity contribution is 5.89. The number of aromatic nitrogens is 3. The monoisotopic (exact) mass is 522 g/mol. The summed E-state index contributed by atoms with van der Waals surface area (Å²) in [6.45, 7) is 2.89. The van der Waals surface area contributed by atoms with Gasteiger partial charge in [-0.3, -0.25) is 0 Å². The van der Waals surface area contributed by atoms with E-state index in [9.17, 15) is 23.5 Å². The first kappa shape index (κ1) is 26.7. The summed E-state index contributed by atoms with van der Waals surface area (Å²) in [5.74, 6) is -1.23. The van der Waals surface area contributed by atoms with Crippen molar-refractivity contribution in [1.29, 1.82) is 0 Å². The molecule has 0 saturated heterocycles. The Morgan fingerprint density at radius 3 is 2.45 bits per heavy atom. The lowest BCUT2D eigenvalue weighted by Gasteiger charge is -2.36. The third kappa shape index (κ3) is 5.96. The summed E-state index contributed by atoms with van der Waals surface area (Å²) in [5.41, 5.74) is 0.253. The number of ether oxygens (including phenoxy) is 1. The fourth-order valence-electron chi connectivity index (χ4n) is 4.33. The highest BCUT2D eigenvalue weighted by atomic mass is 19.3. The molecule has 0 bridgehead atoms. The lowest BCUT2D eigenvalue weighted by Crippen LogP contribution is -2.54. The molecule has 0 radical (unpaired) electrons. The number of alkyl carbamates (subject to hydrolysis) is 1. The van der Waals surface area contributed by atoms with E-state index >= 15 is 0 Å². The molecule has 2 aromatic heterocycles. The standard InChI is InChI=1S/C28H28F2N4O4/c1-27(2,3)17-28(24(35)36,33-26(37)38-16-18-7-5-4-6-8-18)21-10-12-22-19(13-21)9-11-23(32-22)20-14-31-34(15-20)25(29)30/h4-15,25H,16-17H2,1-3H3,(H,33,37)(H,35,36)/t28-/m1/s1. The van der Waals surface area contributed by atoms with Gasteiger partial charge in [0.05, 0.1) is 17.4 Å². The number of carbonyl (C=O) groups excluding carboxylic acids is 1. The predicted molar refractivity (Wildman–Crippen MR) is 137 cm³/mol. The molecule has 4 rings (SSSR count). The van der Waals surface area contributed by atoms with Crippen LogP contribution in [0.5, 0.6) is 0 Å². The number of hydrogen-bond acceptors (Lipinski definition) is 5. The number of carboxylic acids is 1. The van der Waals surface area contributed by atoms with Crippen molar-refractivity contribution in [1.82, 2.24) is 20.1 Å². The lowest BCUT2D eigenvalue weighted by molar-refractivity contribution is -0.146. The summed E-state index contributed by atoms with van der Waals surface area (Å²) < 4.78 is 31.7. The van der Waals surface area contributed by atoms with E-state index in [0.717, 1.165) is 5.56 Å². The third-order valence-electron chi connectivity index (χ3n) is 5.97. The Morgan fingerprint density at radius 2 is 1.82 bits per heavy atom. The molecule has 4 aromatic rings. The molecule has 0 saturated carbocycles. The average molecular weight is 523 g/mol. The summed E-state index contributed by atoms with van der Waals surface area (Å²) in [7, 11) is 0. The minimum atomic E-state index is -2.76. The number of pyridine rings is 1. The Morgan fingerprint density at radius 1 is 1.08 bits per heavy atom. The molecule has 38 heavy (non-hydrogen) atoms. The SMILES string of the molecule is CC(C)(C)C[C@](NC(=O)OCc1ccccc1)(C(=O)O)c1ccc2nc(-c3cnn(C(F)F)c3)ccc2c1. The summed E-state index contributed by atoms with van der Waals surface area (Å²) in [6.07, 6.45) is 1.74. The van der Waals surface area contributed by atoms with Gasteiger partial charge in [-0.15, -0.1) is 0 Å². The minimum absolute atomic E-state index is 0.00947. The van der Waals surface area contributed by atoms with Gasteiger partial charge in [-0.1, -0.05) is 63.2 Å². The third-order valence-corrected chi connectivity index (χ3v) is 5.97. The van der Waals surface area contributed by atoms with Crippen molar-refractivity contribution >= 4 is 23.0 Å². The average Bonchev–Trinajstić information content (AvgIpc) is 3.37. The number of amides is 1. The van der Waals surface area contributed by atoms with Gasteiger partial charge >= 0.3 is 18.6 Å². The Labute approximate surface area is 218 Å². The fraction of sp³-hybridized carbons (Fsp3) is 0.286. The van der Waals surface area contributed by atoms with Gasteiger partial charge in [0.15, 0.2) is 5.54 Å². The van der Waals surface area contributed by atoms with Crippen LogP contribution in [0.4, 0.5) is 13.6 Å². The number of carbonyl (C=O) groups is 2. The number of carboxylic acid groups (broad SMARTS) is 1. The Kier molecular flexibility index (Phi) is 7.43. The predicted octanol–water partition coefficient (Wildman–Crippen LogP) is 6.14. The van der Waals surface area contributed by atoms with Crippen molar-refractivity contribution < 1.29 is 28.2 Å². The van der Waals surface area contributed by atoms with Gasteiger partial charge in [0.25, 0.3) is 0 Å². The van der Waals surface area contributed by atoms with E-state index in [1.165, 1.54) is 12.4 Å². The highest BCUT2D eigenvalue weighted by Gasteiger charge is 2.45. The molecular weight excluding hydrogens is 494 g/mol. The van der Waals surface area contributed by atoms with E-state index in [-0.39, 0.29) is 13.0 Å². The van der Waals surface area contributed by atoms with Crippen LogP contribution in [0.2, 0.25) is 0 Å². The fourth-order valence-corrected chi connectivity index (χ4v) is 4.33. The van der Waals surface area contributed by atoms with Crippen molar-refractivity contribution in [3.63, 3.8) is 0 Å². The van der Waals surface area contributed by atoms with Crippen molar-refractivity contribution in [3.8, 4) is 11.3 Å². The van der Waals surface area contributed by atoms with Gasteiger partial charge in [-0.25, -0.2) is 19.3 Å². The lowest BCUT2D eigenvalue weighted by atomic mass is 9.75. The molecule has 0 fully saturated rings. The van der Waals surface area contributed by atoms with Gasteiger partial charge in [-0.2, -0.15) is 13.9 Å². The van der Waals surface area contributed by atoms with E-state index < -0.39 is 29.6 Å². The highest BCUT2D eigenvalue weighted by Crippen LogP contribution is 2.37. The van der Waals surface area contributed by atoms with Crippen LogP contribution in [0.3, 0.4) is 0 Å². The van der Waals surface area contributed by atoms with Gasteiger partial charge in [0.1, 0.15) is 6.61 Å². The second kappa shape index (κ2) is 10.6. The summed E-state index contributed by atoms with van der Waals surface area (Å²) in [5, 5.41) is 17.3. The number of hydrogen-bond donors (Lipinski definition) is 2. The quantitative estimate of drug-likeness (QED) is 0.288. The van der Waals surface area contributed by atoms with Crippen LogP contribution in [0.1, 0.15) is 44.9 Å².